The van der Waals surface area contributed by atoms with E-state index in [2.05, 4.69) is 0 Å². The van der Waals surface area contributed by atoms with Gasteiger partial charge in [0.2, 0.25) is 0 Å². The molecule has 7 nitrogen and oxygen atoms in total. The molecule has 0 spiro atoms. The molecule has 3 aromatic carbocycles. The number of carbonyl (C=O) groups is 4. The minimum Gasteiger partial charge on any atom is -0.452 e. The summed E-state index contributed by atoms with van der Waals surface area (Å²) >= 11 is 0. The van der Waals surface area contributed by atoms with Crippen LogP contribution in [-0.4, -0.2) is 36.6 Å². The van der Waals surface area contributed by atoms with E-state index in [0.717, 1.165) is 0 Å². The fraction of sp³-hybridized carbons (Fsp3) is 0.0800. The summed E-state index contributed by atoms with van der Waals surface area (Å²) in [5.41, 5.74) is 0.973. The zero-order valence-corrected chi connectivity index (χ0v) is 16.8. The molecule has 1 amide bonds. The van der Waals surface area contributed by atoms with Crippen molar-refractivity contribution in [3.63, 3.8) is 0 Å². The van der Waals surface area contributed by atoms with Gasteiger partial charge < -0.3 is 4.74 Å². The molecule has 0 atom stereocenters. The third-order valence-corrected chi connectivity index (χ3v) is 5.10. The Hall–Kier alpha value is -4.57. The van der Waals surface area contributed by atoms with E-state index in [-0.39, 0.29) is 40.1 Å². The summed E-state index contributed by atoms with van der Waals surface area (Å²) in [6.45, 7) is -0.845. The number of hydrogen-bond acceptors (Lipinski definition) is 6. The van der Waals surface area contributed by atoms with Gasteiger partial charge >= 0.3 is 5.97 Å². The van der Waals surface area contributed by atoms with Gasteiger partial charge in [0.25, 0.3) is 5.91 Å². The summed E-state index contributed by atoms with van der Waals surface area (Å²) in [5, 5.41) is 9.05. The number of benzene rings is 3. The van der Waals surface area contributed by atoms with Crippen molar-refractivity contribution in [2.75, 3.05) is 18.1 Å². The van der Waals surface area contributed by atoms with Gasteiger partial charge in [-0.2, -0.15) is 5.26 Å². The summed E-state index contributed by atoms with van der Waals surface area (Å²) < 4.78 is 5.17. The van der Waals surface area contributed by atoms with E-state index >= 15 is 0 Å². The molecule has 1 aliphatic rings. The Morgan fingerprint density at radius 1 is 0.812 bits per heavy atom. The van der Waals surface area contributed by atoms with E-state index in [0.29, 0.717) is 5.69 Å². The van der Waals surface area contributed by atoms with E-state index in [4.69, 9.17) is 10.00 Å². The number of hydrogen-bond donors (Lipinski definition) is 0. The number of nitriles is 1. The standard InChI is InChI=1S/C25H16N2O5/c26-13-14-27(16-7-2-1-3-8-16)21(28)15-32-25(31)20-12-6-11-19-22(20)24(30)18-10-5-4-9-17(18)23(19)29/h1-12H,14-15H2. The molecule has 3 aromatic rings. The van der Waals surface area contributed by atoms with Crippen LogP contribution in [0.15, 0.2) is 72.8 Å². The molecule has 0 fully saturated rings. The number of rotatable bonds is 5. The average Bonchev–Trinajstić information content (AvgIpc) is 2.84. The second-order valence-electron chi connectivity index (χ2n) is 6.98. The molecule has 0 aromatic heterocycles. The largest absolute Gasteiger partial charge is 0.452 e. The number of ether oxygens (including phenoxy) is 1. The monoisotopic (exact) mass is 424 g/mol. The molecule has 32 heavy (non-hydrogen) atoms. The molecule has 0 saturated carbocycles. The number of anilines is 1. The van der Waals surface area contributed by atoms with Crippen molar-refractivity contribution in [1.82, 2.24) is 0 Å². The smallest absolute Gasteiger partial charge is 0.339 e. The van der Waals surface area contributed by atoms with Crippen LogP contribution in [0.3, 0.4) is 0 Å². The number of carbonyl (C=O) groups excluding carboxylic acids is 4. The average molecular weight is 424 g/mol. The van der Waals surface area contributed by atoms with Gasteiger partial charge in [0.1, 0.15) is 6.54 Å². The molecule has 0 heterocycles. The molecule has 156 valence electrons. The number of fused-ring (bicyclic) bond motifs is 2. The second-order valence-corrected chi connectivity index (χ2v) is 6.98. The first-order valence-electron chi connectivity index (χ1n) is 9.74. The van der Waals surface area contributed by atoms with Crippen molar-refractivity contribution >= 4 is 29.1 Å². The quantitative estimate of drug-likeness (QED) is 0.360. The van der Waals surface area contributed by atoms with Crippen LogP contribution in [0.1, 0.15) is 42.2 Å². The Morgan fingerprint density at radius 3 is 2.12 bits per heavy atom. The summed E-state index contributed by atoms with van der Waals surface area (Å²) in [7, 11) is 0. The molecule has 0 unspecified atom stereocenters. The lowest BCUT2D eigenvalue weighted by Crippen LogP contribution is -2.35. The Kier molecular flexibility index (Phi) is 5.60. The van der Waals surface area contributed by atoms with E-state index in [1.165, 1.54) is 29.2 Å². The third kappa shape index (κ3) is 3.66. The molecular weight excluding hydrogens is 408 g/mol. The van der Waals surface area contributed by atoms with Gasteiger partial charge in [0, 0.05) is 27.9 Å². The van der Waals surface area contributed by atoms with Gasteiger partial charge in [-0.3, -0.25) is 19.3 Å². The fourth-order valence-corrected chi connectivity index (χ4v) is 3.60. The zero-order valence-electron chi connectivity index (χ0n) is 16.8. The second kappa shape index (κ2) is 8.66. The summed E-state index contributed by atoms with van der Waals surface area (Å²) in [6.07, 6.45) is 0. The van der Waals surface area contributed by atoms with Crippen molar-refractivity contribution in [2.24, 2.45) is 0 Å². The fourth-order valence-electron chi connectivity index (χ4n) is 3.60. The van der Waals surface area contributed by atoms with Crippen LogP contribution in [0.4, 0.5) is 5.69 Å². The number of ketones is 2. The number of nitrogens with zero attached hydrogens (tertiary/aromatic N) is 2. The Labute approximate surface area is 183 Å². The topological polar surface area (TPSA) is 105 Å². The lowest BCUT2D eigenvalue weighted by Gasteiger charge is -2.21. The third-order valence-electron chi connectivity index (χ3n) is 5.10. The Morgan fingerprint density at radius 2 is 1.44 bits per heavy atom. The van der Waals surface area contributed by atoms with Crippen molar-refractivity contribution in [3.05, 3.63) is 101 Å². The molecule has 0 N–H and O–H groups in total. The number of amides is 1. The van der Waals surface area contributed by atoms with Crippen molar-refractivity contribution in [2.45, 2.75) is 0 Å². The van der Waals surface area contributed by atoms with E-state index in [9.17, 15) is 19.2 Å². The molecule has 0 bridgehead atoms. The van der Waals surface area contributed by atoms with Crippen LogP contribution in [0.5, 0.6) is 0 Å². The number of esters is 1. The van der Waals surface area contributed by atoms with Crippen molar-refractivity contribution in [3.8, 4) is 6.07 Å². The highest BCUT2D eigenvalue weighted by molar-refractivity contribution is 6.30. The van der Waals surface area contributed by atoms with Crippen LogP contribution in [0, 0.1) is 11.3 Å². The first kappa shape index (κ1) is 20.7. The van der Waals surface area contributed by atoms with Crippen LogP contribution >= 0.6 is 0 Å². The zero-order chi connectivity index (χ0) is 22.7. The summed E-state index contributed by atoms with van der Waals surface area (Å²) in [4.78, 5) is 52.4. The minimum atomic E-state index is -0.902. The first-order chi connectivity index (χ1) is 15.5. The van der Waals surface area contributed by atoms with Crippen LogP contribution in [0.2, 0.25) is 0 Å². The van der Waals surface area contributed by atoms with Crippen molar-refractivity contribution in [1.29, 1.82) is 5.26 Å². The van der Waals surface area contributed by atoms with Crippen LogP contribution < -0.4 is 4.90 Å². The normalized spacial score (nSPS) is 11.7. The highest BCUT2D eigenvalue weighted by atomic mass is 16.5. The van der Waals surface area contributed by atoms with Crippen molar-refractivity contribution < 1.29 is 23.9 Å². The lowest BCUT2D eigenvalue weighted by molar-refractivity contribution is -0.121. The van der Waals surface area contributed by atoms with Crippen LogP contribution in [0.25, 0.3) is 0 Å². The first-order valence-corrected chi connectivity index (χ1v) is 9.74. The maximum absolute atomic E-state index is 13.0. The van der Waals surface area contributed by atoms with Gasteiger partial charge in [-0.05, 0) is 18.2 Å². The highest BCUT2D eigenvalue weighted by Crippen LogP contribution is 2.29. The molecule has 7 heteroatoms. The highest BCUT2D eigenvalue weighted by Gasteiger charge is 2.33. The SMILES string of the molecule is N#CCN(C(=O)COC(=O)c1cccc2c1C(=O)c1ccccc1C2=O)c1ccccc1. The maximum Gasteiger partial charge on any atom is 0.339 e. The maximum atomic E-state index is 13.0. The molecule has 0 aliphatic heterocycles. The van der Waals surface area contributed by atoms with Gasteiger partial charge in [-0.15, -0.1) is 0 Å². The molecule has 0 radical (unpaired) electrons. The lowest BCUT2D eigenvalue weighted by atomic mass is 9.82. The summed E-state index contributed by atoms with van der Waals surface area (Å²) in [6, 6.07) is 21.2. The molecule has 0 saturated heterocycles. The number of para-hydroxylation sites is 1. The predicted molar refractivity (Wildman–Crippen MR) is 114 cm³/mol. The van der Waals surface area contributed by atoms with E-state index in [1.54, 1.807) is 48.5 Å². The molecule has 1 aliphatic carbocycles. The van der Waals surface area contributed by atoms with Crippen LogP contribution in [-0.2, 0) is 9.53 Å². The van der Waals surface area contributed by atoms with E-state index < -0.39 is 24.3 Å². The van der Waals surface area contributed by atoms with Gasteiger partial charge in [0.05, 0.1) is 11.6 Å². The predicted octanol–water partition coefficient (Wildman–Crippen LogP) is 3.18. The van der Waals surface area contributed by atoms with Gasteiger partial charge in [-0.1, -0.05) is 54.6 Å². The Balaban J connectivity index is 1.58. The van der Waals surface area contributed by atoms with Gasteiger partial charge in [0.15, 0.2) is 18.2 Å². The van der Waals surface area contributed by atoms with E-state index in [1.807, 2.05) is 6.07 Å². The Bertz CT molecular complexity index is 1290. The molecular formula is C25H16N2O5. The summed E-state index contributed by atoms with van der Waals surface area (Å²) in [5.74, 6) is -2.31. The van der Waals surface area contributed by atoms with Gasteiger partial charge in [-0.25, -0.2) is 4.79 Å². The molecule has 4 rings (SSSR count). The minimum absolute atomic E-state index is 0.0365.